The van der Waals surface area contributed by atoms with E-state index < -0.39 is 5.92 Å². The van der Waals surface area contributed by atoms with Gasteiger partial charge in [-0.3, -0.25) is 9.78 Å². The fourth-order valence-electron chi connectivity index (χ4n) is 2.25. The third-order valence-electron chi connectivity index (χ3n) is 3.32. The molecule has 1 aromatic carbocycles. The second-order valence-electron chi connectivity index (χ2n) is 4.68. The molecule has 1 aliphatic rings. The SMILES string of the molecule is N#CC(C(=O)C1=Cc2ccccc2OC1)c1ccccn1. The van der Waals surface area contributed by atoms with Crippen LogP contribution in [0, 0.1) is 11.3 Å². The van der Waals surface area contributed by atoms with Crippen molar-refractivity contribution in [1.29, 1.82) is 5.26 Å². The number of carbonyl (C=O) groups is 1. The molecule has 0 saturated heterocycles. The molecule has 0 amide bonds. The number of pyridine rings is 1. The molecule has 0 bridgehead atoms. The van der Waals surface area contributed by atoms with Gasteiger partial charge >= 0.3 is 0 Å². The van der Waals surface area contributed by atoms with Crippen LogP contribution in [0.4, 0.5) is 0 Å². The summed E-state index contributed by atoms with van der Waals surface area (Å²) in [7, 11) is 0. The van der Waals surface area contributed by atoms with E-state index >= 15 is 0 Å². The first kappa shape index (κ1) is 13.1. The number of nitriles is 1. The van der Waals surface area contributed by atoms with Gasteiger partial charge < -0.3 is 4.74 Å². The Morgan fingerprint density at radius 2 is 2.05 bits per heavy atom. The van der Waals surface area contributed by atoms with Gasteiger partial charge in [-0.1, -0.05) is 24.3 Å². The molecule has 3 rings (SSSR count). The quantitative estimate of drug-likeness (QED) is 0.864. The number of ether oxygens (including phenoxy) is 1. The molecular weight excluding hydrogens is 264 g/mol. The second-order valence-corrected chi connectivity index (χ2v) is 4.68. The van der Waals surface area contributed by atoms with Crippen LogP contribution in [-0.2, 0) is 4.79 Å². The lowest BCUT2D eigenvalue weighted by molar-refractivity contribution is -0.116. The van der Waals surface area contributed by atoms with E-state index in [1.165, 1.54) is 0 Å². The highest BCUT2D eigenvalue weighted by Crippen LogP contribution is 2.28. The molecule has 1 unspecified atom stereocenters. The average Bonchev–Trinajstić information content (AvgIpc) is 2.56. The van der Waals surface area contributed by atoms with Crippen LogP contribution in [0.1, 0.15) is 17.2 Å². The number of carbonyl (C=O) groups excluding carboxylic acids is 1. The molecule has 102 valence electrons. The number of aromatic nitrogens is 1. The van der Waals surface area contributed by atoms with Crippen molar-refractivity contribution < 1.29 is 9.53 Å². The van der Waals surface area contributed by atoms with Gasteiger partial charge in [0.1, 0.15) is 12.4 Å². The summed E-state index contributed by atoms with van der Waals surface area (Å²) in [4.78, 5) is 16.6. The van der Waals surface area contributed by atoms with Crippen molar-refractivity contribution in [2.75, 3.05) is 6.61 Å². The zero-order valence-corrected chi connectivity index (χ0v) is 11.2. The maximum atomic E-state index is 12.5. The van der Waals surface area contributed by atoms with Crippen LogP contribution in [-0.4, -0.2) is 17.4 Å². The summed E-state index contributed by atoms with van der Waals surface area (Å²) in [5.41, 5.74) is 1.81. The largest absolute Gasteiger partial charge is 0.488 e. The van der Waals surface area contributed by atoms with E-state index in [0.29, 0.717) is 11.3 Å². The minimum atomic E-state index is -0.897. The van der Waals surface area contributed by atoms with Crippen molar-refractivity contribution in [3.63, 3.8) is 0 Å². The van der Waals surface area contributed by atoms with Crippen molar-refractivity contribution in [2.45, 2.75) is 5.92 Å². The Hall–Kier alpha value is -2.93. The lowest BCUT2D eigenvalue weighted by atomic mass is 9.93. The van der Waals surface area contributed by atoms with E-state index in [1.54, 1.807) is 30.5 Å². The molecule has 2 heterocycles. The normalized spacial score (nSPS) is 14.1. The fourth-order valence-corrected chi connectivity index (χ4v) is 2.25. The molecule has 0 radical (unpaired) electrons. The molecule has 2 aromatic rings. The minimum absolute atomic E-state index is 0.181. The summed E-state index contributed by atoms with van der Waals surface area (Å²) >= 11 is 0. The third-order valence-corrected chi connectivity index (χ3v) is 3.32. The van der Waals surface area contributed by atoms with Crippen molar-refractivity contribution >= 4 is 11.9 Å². The smallest absolute Gasteiger partial charge is 0.185 e. The number of hydrogen-bond acceptors (Lipinski definition) is 4. The monoisotopic (exact) mass is 276 g/mol. The highest BCUT2D eigenvalue weighted by Gasteiger charge is 2.27. The third kappa shape index (κ3) is 2.54. The number of nitrogens with zero attached hydrogens (tertiary/aromatic N) is 2. The summed E-state index contributed by atoms with van der Waals surface area (Å²) < 4.78 is 5.57. The molecule has 0 spiro atoms. The van der Waals surface area contributed by atoms with Crippen LogP contribution in [0.15, 0.2) is 54.2 Å². The molecule has 0 fully saturated rings. The van der Waals surface area contributed by atoms with E-state index in [2.05, 4.69) is 4.98 Å². The number of fused-ring (bicyclic) bond motifs is 1. The van der Waals surface area contributed by atoms with Crippen LogP contribution >= 0.6 is 0 Å². The van der Waals surface area contributed by atoms with Crippen LogP contribution < -0.4 is 4.74 Å². The van der Waals surface area contributed by atoms with Gasteiger partial charge in [0.15, 0.2) is 11.7 Å². The number of ketones is 1. The van der Waals surface area contributed by atoms with Gasteiger partial charge in [-0.05, 0) is 24.3 Å². The number of rotatable bonds is 3. The number of Topliss-reactive ketones (excluding diaryl/α,β-unsaturated/α-hetero) is 1. The first-order chi connectivity index (χ1) is 10.3. The number of hydrogen-bond donors (Lipinski definition) is 0. The van der Waals surface area contributed by atoms with Gasteiger partial charge in [0, 0.05) is 17.3 Å². The highest BCUT2D eigenvalue weighted by atomic mass is 16.5. The van der Waals surface area contributed by atoms with Crippen LogP contribution in [0.2, 0.25) is 0 Å². The van der Waals surface area contributed by atoms with Gasteiger partial charge in [-0.15, -0.1) is 0 Å². The topological polar surface area (TPSA) is 63.0 Å². The maximum Gasteiger partial charge on any atom is 0.185 e. The maximum absolute atomic E-state index is 12.5. The number of para-hydroxylation sites is 1. The lowest BCUT2D eigenvalue weighted by Gasteiger charge is -2.18. The second kappa shape index (κ2) is 5.59. The molecule has 1 atom stereocenters. The van der Waals surface area contributed by atoms with Crippen LogP contribution in [0.5, 0.6) is 5.75 Å². The molecular formula is C17H12N2O2. The van der Waals surface area contributed by atoms with Gasteiger partial charge in [-0.2, -0.15) is 5.26 Å². The summed E-state index contributed by atoms with van der Waals surface area (Å²) in [5.74, 6) is -0.405. The Labute approximate surface area is 122 Å². The standard InChI is InChI=1S/C17H12N2O2/c18-10-14(15-6-3-4-8-19-15)17(20)13-9-12-5-1-2-7-16(12)21-11-13/h1-9,14H,11H2. The predicted octanol–water partition coefficient (Wildman–Crippen LogP) is 2.73. The van der Waals surface area contributed by atoms with E-state index in [-0.39, 0.29) is 12.4 Å². The van der Waals surface area contributed by atoms with Crippen molar-refractivity contribution in [3.05, 3.63) is 65.5 Å². The first-order valence-electron chi connectivity index (χ1n) is 6.57. The predicted molar refractivity (Wildman–Crippen MR) is 77.5 cm³/mol. The molecule has 0 N–H and O–H groups in total. The molecule has 1 aromatic heterocycles. The Bertz CT molecular complexity index is 745. The molecule has 4 nitrogen and oxygen atoms in total. The first-order valence-corrected chi connectivity index (χ1v) is 6.57. The van der Waals surface area contributed by atoms with Crippen LogP contribution in [0.3, 0.4) is 0 Å². The summed E-state index contributed by atoms with van der Waals surface area (Å²) in [5, 5.41) is 9.30. The van der Waals surface area contributed by atoms with Crippen molar-refractivity contribution in [2.24, 2.45) is 0 Å². The molecule has 0 saturated carbocycles. The Kier molecular flexibility index (Phi) is 3.48. The number of benzene rings is 1. The van der Waals surface area contributed by atoms with Crippen LogP contribution in [0.25, 0.3) is 6.08 Å². The molecule has 21 heavy (non-hydrogen) atoms. The Balaban J connectivity index is 1.93. The Morgan fingerprint density at radius 1 is 1.24 bits per heavy atom. The van der Waals surface area contributed by atoms with Gasteiger partial charge in [-0.25, -0.2) is 0 Å². The molecule has 1 aliphatic heterocycles. The van der Waals surface area contributed by atoms with Gasteiger partial charge in [0.25, 0.3) is 0 Å². The zero-order valence-electron chi connectivity index (χ0n) is 11.2. The summed E-state index contributed by atoms with van der Waals surface area (Å²) in [6.07, 6.45) is 3.36. The molecule has 4 heteroatoms. The van der Waals surface area contributed by atoms with Gasteiger partial charge in [0.2, 0.25) is 0 Å². The van der Waals surface area contributed by atoms with E-state index in [1.807, 2.05) is 30.3 Å². The van der Waals surface area contributed by atoms with Crippen molar-refractivity contribution in [3.8, 4) is 11.8 Å². The molecule has 0 aliphatic carbocycles. The Morgan fingerprint density at radius 3 is 2.81 bits per heavy atom. The highest BCUT2D eigenvalue weighted by molar-refractivity contribution is 6.06. The van der Waals surface area contributed by atoms with E-state index in [9.17, 15) is 10.1 Å². The van der Waals surface area contributed by atoms with E-state index in [0.717, 1.165) is 11.3 Å². The lowest BCUT2D eigenvalue weighted by Crippen LogP contribution is -2.20. The fraction of sp³-hybridized carbons (Fsp3) is 0.118. The minimum Gasteiger partial charge on any atom is -0.488 e. The summed E-state index contributed by atoms with van der Waals surface area (Å²) in [6.45, 7) is 0.181. The van der Waals surface area contributed by atoms with Crippen molar-refractivity contribution in [1.82, 2.24) is 4.98 Å². The van der Waals surface area contributed by atoms with E-state index in [4.69, 9.17) is 4.74 Å². The van der Waals surface area contributed by atoms with Gasteiger partial charge in [0.05, 0.1) is 11.8 Å². The average molecular weight is 276 g/mol. The summed E-state index contributed by atoms with van der Waals surface area (Å²) in [6, 6.07) is 14.7. The zero-order chi connectivity index (χ0) is 14.7.